The molecule has 0 aliphatic heterocycles. The standard InChI is InChI=1S/C15H24FN3/c1-4-9-17-15-13(16)11(3)18-14(19-15)12-7-5-10(2)6-8-12/h10,12H,4-9H2,1-3H3,(H,17,18,19). The maximum Gasteiger partial charge on any atom is 0.186 e. The molecule has 0 amide bonds. The summed E-state index contributed by atoms with van der Waals surface area (Å²) in [7, 11) is 0. The van der Waals surface area contributed by atoms with Gasteiger partial charge in [0, 0.05) is 12.5 Å². The molecule has 19 heavy (non-hydrogen) atoms. The van der Waals surface area contributed by atoms with Gasteiger partial charge in [-0.1, -0.05) is 26.7 Å². The SMILES string of the molecule is CCCNc1nc(C2CCC(C)CC2)nc(C)c1F. The average molecular weight is 265 g/mol. The maximum absolute atomic E-state index is 13.9. The molecule has 1 heterocycles. The molecule has 106 valence electrons. The van der Waals surface area contributed by atoms with Crippen LogP contribution in [0.3, 0.4) is 0 Å². The Morgan fingerprint density at radius 1 is 1.21 bits per heavy atom. The first-order chi connectivity index (χ1) is 9.11. The normalized spacial score (nSPS) is 23.4. The zero-order valence-electron chi connectivity index (χ0n) is 12.2. The molecule has 2 rings (SSSR count). The second-order valence-electron chi connectivity index (χ2n) is 5.71. The summed E-state index contributed by atoms with van der Waals surface area (Å²) in [5, 5.41) is 3.07. The van der Waals surface area contributed by atoms with Crippen LogP contribution in [0.1, 0.15) is 63.4 Å². The second-order valence-corrected chi connectivity index (χ2v) is 5.71. The number of anilines is 1. The van der Waals surface area contributed by atoms with E-state index in [2.05, 4.69) is 29.1 Å². The molecule has 1 N–H and O–H groups in total. The van der Waals surface area contributed by atoms with E-state index in [0.717, 1.165) is 37.5 Å². The minimum atomic E-state index is -0.304. The lowest BCUT2D eigenvalue weighted by atomic mass is 9.82. The third-order valence-corrected chi connectivity index (χ3v) is 3.96. The van der Waals surface area contributed by atoms with Crippen LogP contribution < -0.4 is 5.32 Å². The van der Waals surface area contributed by atoms with Gasteiger partial charge in [-0.25, -0.2) is 14.4 Å². The number of nitrogens with one attached hydrogen (secondary N) is 1. The van der Waals surface area contributed by atoms with Crippen molar-refractivity contribution in [3.8, 4) is 0 Å². The summed E-state index contributed by atoms with van der Waals surface area (Å²) < 4.78 is 13.9. The Kier molecular flexibility index (Phi) is 4.72. The number of aromatic nitrogens is 2. The molecule has 0 unspecified atom stereocenters. The fraction of sp³-hybridized carbons (Fsp3) is 0.733. The van der Waals surface area contributed by atoms with Gasteiger partial charge in [-0.3, -0.25) is 0 Å². The molecule has 0 aromatic carbocycles. The molecule has 0 atom stereocenters. The van der Waals surface area contributed by atoms with Crippen molar-refractivity contribution >= 4 is 5.82 Å². The van der Waals surface area contributed by atoms with Gasteiger partial charge in [-0.05, 0) is 32.1 Å². The highest BCUT2D eigenvalue weighted by Crippen LogP contribution is 2.34. The topological polar surface area (TPSA) is 37.8 Å². The van der Waals surface area contributed by atoms with Crippen LogP contribution in [-0.4, -0.2) is 16.5 Å². The average Bonchev–Trinajstić information content (AvgIpc) is 2.41. The zero-order valence-corrected chi connectivity index (χ0v) is 12.2. The van der Waals surface area contributed by atoms with Gasteiger partial charge in [0.15, 0.2) is 11.6 Å². The van der Waals surface area contributed by atoms with Crippen LogP contribution in [0.2, 0.25) is 0 Å². The fourth-order valence-electron chi connectivity index (χ4n) is 2.64. The zero-order chi connectivity index (χ0) is 13.8. The van der Waals surface area contributed by atoms with Crippen molar-refractivity contribution in [2.45, 2.75) is 58.8 Å². The highest BCUT2D eigenvalue weighted by atomic mass is 19.1. The summed E-state index contributed by atoms with van der Waals surface area (Å²) >= 11 is 0. The molecule has 0 saturated heterocycles. The lowest BCUT2D eigenvalue weighted by Crippen LogP contribution is -2.16. The van der Waals surface area contributed by atoms with E-state index >= 15 is 0 Å². The lowest BCUT2D eigenvalue weighted by molar-refractivity contribution is 0.339. The van der Waals surface area contributed by atoms with Gasteiger partial charge in [-0.2, -0.15) is 0 Å². The molecular formula is C15H24FN3. The molecule has 1 aliphatic rings. The van der Waals surface area contributed by atoms with Crippen LogP contribution in [0.4, 0.5) is 10.2 Å². The highest BCUT2D eigenvalue weighted by Gasteiger charge is 2.23. The van der Waals surface area contributed by atoms with E-state index in [4.69, 9.17) is 0 Å². The molecule has 3 nitrogen and oxygen atoms in total. The van der Waals surface area contributed by atoms with E-state index in [0.29, 0.717) is 17.4 Å². The number of hydrogen-bond acceptors (Lipinski definition) is 3. The summed E-state index contributed by atoms with van der Waals surface area (Å²) in [6, 6.07) is 0. The Labute approximate surface area is 115 Å². The fourth-order valence-corrected chi connectivity index (χ4v) is 2.64. The number of hydrogen-bond donors (Lipinski definition) is 1. The minimum Gasteiger partial charge on any atom is -0.368 e. The molecule has 0 radical (unpaired) electrons. The molecule has 1 aromatic heterocycles. The third kappa shape index (κ3) is 3.43. The van der Waals surface area contributed by atoms with Gasteiger partial charge < -0.3 is 5.32 Å². The van der Waals surface area contributed by atoms with E-state index in [1.165, 1.54) is 12.8 Å². The van der Waals surface area contributed by atoms with Crippen molar-refractivity contribution < 1.29 is 4.39 Å². The van der Waals surface area contributed by atoms with Crippen molar-refractivity contribution in [1.82, 2.24) is 9.97 Å². The van der Waals surface area contributed by atoms with Crippen molar-refractivity contribution in [3.05, 3.63) is 17.3 Å². The summed E-state index contributed by atoms with van der Waals surface area (Å²) in [4.78, 5) is 8.79. The van der Waals surface area contributed by atoms with E-state index in [1.54, 1.807) is 6.92 Å². The molecule has 1 saturated carbocycles. The van der Waals surface area contributed by atoms with Crippen LogP contribution >= 0.6 is 0 Å². The second kappa shape index (κ2) is 6.31. The third-order valence-electron chi connectivity index (χ3n) is 3.96. The van der Waals surface area contributed by atoms with Crippen LogP contribution in [0.15, 0.2) is 0 Å². The predicted molar refractivity (Wildman–Crippen MR) is 75.9 cm³/mol. The number of rotatable bonds is 4. The Bertz CT molecular complexity index is 426. The van der Waals surface area contributed by atoms with Gasteiger partial charge in [0.25, 0.3) is 0 Å². The molecule has 1 aliphatic carbocycles. The first-order valence-electron chi connectivity index (χ1n) is 7.39. The van der Waals surface area contributed by atoms with Gasteiger partial charge in [0.1, 0.15) is 5.82 Å². The van der Waals surface area contributed by atoms with Crippen molar-refractivity contribution in [3.63, 3.8) is 0 Å². The van der Waals surface area contributed by atoms with E-state index < -0.39 is 0 Å². The largest absolute Gasteiger partial charge is 0.368 e. The van der Waals surface area contributed by atoms with Crippen LogP contribution in [0.25, 0.3) is 0 Å². The summed E-state index contributed by atoms with van der Waals surface area (Å²) in [6.07, 6.45) is 5.65. The monoisotopic (exact) mass is 265 g/mol. The van der Waals surface area contributed by atoms with Gasteiger partial charge in [-0.15, -0.1) is 0 Å². The van der Waals surface area contributed by atoms with Gasteiger partial charge in [0.2, 0.25) is 0 Å². The lowest BCUT2D eigenvalue weighted by Gasteiger charge is -2.25. The van der Waals surface area contributed by atoms with Crippen LogP contribution in [0.5, 0.6) is 0 Å². The molecule has 0 spiro atoms. The van der Waals surface area contributed by atoms with Crippen molar-refractivity contribution in [1.29, 1.82) is 0 Å². The Morgan fingerprint density at radius 3 is 2.53 bits per heavy atom. The summed E-state index contributed by atoms with van der Waals surface area (Å²) in [5.74, 6) is 2.10. The molecule has 4 heteroatoms. The van der Waals surface area contributed by atoms with E-state index in [9.17, 15) is 4.39 Å². The van der Waals surface area contributed by atoms with E-state index in [-0.39, 0.29) is 5.82 Å². The van der Waals surface area contributed by atoms with Gasteiger partial charge in [0.05, 0.1) is 5.69 Å². The van der Waals surface area contributed by atoms with Gasteiger partial charge >= 0.3 is 0 Å². The molecule has 1 fully saturated rings. The van der Waals surface area contributed by atoms with Crippen LogP contribution in [0, 0.1) is 18.7 Å². The maximum atomic E-state index is 13.9. The minimum absolute atomic E-state index is 0.304. The molecular weight excluding hydrogens is 241 g/mol. The molecule has 1 aromatic rings. The quantitative estimate of drug-likeness (QED) is 0.892. The predicted octanol–water partition coefficient (Wildman–Crippen LogP) is 4.04. The van der Waals surface area contributed by atoms with E-state index in [1.807, 2.05) is 0 Å². The number of nitrogens with zero attached hydrogens (tertiary/aromatic N) is 2. The molecule has 0 bridgehead atoms. The summed E-state index contributed by atoms with van der Waals surface area (Å²) in [6.45, 7) is 6.82. The number of aryl methyl sites for hydroxylation is 1. The van der Waals surface area contributed by atoms with Crippen molar-refractivity contribution in [2.75, 3.05) is 11.9 Å². The van der Waals surface area contributed by atoms with Crippen molar-refractivity contribution in [2.24, 2.45) is 5.92 Å². The number of halogens is 1. The Morgan fingerprint density at radius 2 is 1.89 bits per heavy atom. The highest BCUT2D eigenvalue weighted by molar-refractivity contribution is 5.38. The Hall–Kier alpha value is -1.19. The Balaban J connectivity index is 2.18. The summed E-state index contributed by atoms with van der Waals surface area (Å²) in [5.41, 5.74) is 0.460. The first kappa shape index (κ1) is 14.2. The smallest absolute Gasteiger partial charge is 0.186 e. The van der Waals surface area contributed by atoms with Crippen LogP contribution in [-0.2, 0) is 0 Å². The first-order valence-corrected chi connectivity index (χ1v) is 7.39.